The maximum atomic E-state index is 11.9. The molecule has 0 bridgehead atoms. The summed E-state index contributed by atoms with van der Waals surface area (Å²) in [5.74, 6) is 1.06. The quantitative estimate of drug-likeness (QED) is 0.308. The van der Waals surface area contributed by atoms with Crippen LogP contribution in [0.1, 0.15) is 18.1 Å². The summed E-state index contributed by atoms with van der Waals surface area (Å²) in [4.78, 5) is 16.9. The van der Waals surface area contributed by atoms with Gasteiger partial charge < -0.3 is 14.2 Å². The third-order valence-electron chi connectivity index (χ3n) is 3.88. The number of nitrogens with one attached hydrogen (secondary N) is 1. The number of rotatable bonds is 9. The van der Waals surface area contributed by atoms with Crippen molar-refractivity contribution in [3.05, 3.63) is 77.5 Å². The van der Waals surface area contributed by atoms with E-state index in [0.29, 0.717) is 12.3 Å². The molecule has 2 rings (SSSR count). The Morgan fingerprint density at radius 3 is 1.75 bits per heavy atom. The summed E-state index contributed by atoms with van der Waals surface area (Å²) in [6, 6.07) is 15.3. The lowest BCUT2D eigenvalue weighted by Crippen LogP contribution is -2.13. The van der Waals surface area contributed by atoms with Gasteiger partial charge in [0.1, 0.15) is 11.5 Å². The molecule has 0 unspecified atom stereocenters. The zero-order valence-electron chi connectivity index (χ0n) is 16.5. The molecule has 0 fully saturated rings. The summed E-state index contributed by atoms with van der Waals surface area (Å²) in [6.45, 7) is 2.05. The molecular weight excluding hydrogens is 358 g/mol. The van der Waals surface area contributed by atoms with E-state index in [1.807, 2.05) is 54.6 Å². The van der Waals surface area contributed by atoms with Crippen molar-refractivity contribution in [3.63, 3.8) is 0 Å². The molecule has 0 aliphatic carbocycles. The number of ether oxygens (including phenoxy) is 3. The van der Waals surface area contributed by atoms with Gasteiger partial charge in [-0.25, -0.2) is 4.79 Å². The number of methoxy groups -OCH3 is 2. The van der Waals surface area contributed by atoms with E-state index < -0.39 is 5.97 Å². The van der Waals surface area contributed by atoms with E-state index in [1.165, 1.54) is 13.2 Å². The van der Waals surface area contributed by atoms with Crippen LogP contribution in [0.15, 0.2) is 66.4 Å². The Kier molecular flexibility index (Phi) is 8.11. The van der Waals surface area contributed by atoms with E-state index in [-0.39, 0.29) is 0 Å². The molecule has 2 aromatic rings. The molecule has 0 spiro atoms. The fraction of sp³-hybridized carbons (Fsp3) is 0.227. The Morgan fingerprint density at radius 1 is 0.857 bits per heavy atom. The molecule has 0 aromatic heterocycles. The molecule has 6 nitrogen and oxygen atoms in total. The van der Waals surface area contributed by atoms with Crippen molar-refractivity contribution in [1.29, 1.82) is 0 Å². The first-order chi connectivity index (χ1) is 13.6. The third kappa shape index (κ3) is 5.89. The molecular formula is C22H25NO5. The lowest BCUT2D eigenvalue weighted by molar-refractivity contribution is -0.137. The highest BCUT2D eigenvalue weighted by Crippen LogP contribution is 2.28. The molecule has 0 atom stereocenters. The summed E-state index contributed by atoms with van der Waals surface area (Å²) in [6.07, 6.45) is 3.17. The summed E-state index contributed by atoms with van der Waals surface area (Å²) in [5.41, 5.74) is 5.95. The molecule has 0 amide bonds. The second-order valence-electron chi connectivity index (χ2n) is 5.67. The van der Waals surface area contributed by atoms with Gasteiger partial charge in [-0.15, -0.1) is 0 Å². The van der Waals surface area contributed by atoms with Crippen molar-refractivity contribution in [1.82, 2.24) is 5.48 Å². The van der Waals surface area contributed by atoms with E-state index in [0.717, 1.165) is 28.2 Å². The summed E-state index contributed by atoms with van der Waals surface area (Å²) >= 11 is 0. The Balaban J connectivity index is 2.53. The van der Waals surface area contributed by atoms with Gasteiger partial charge in [-0.1, -0.05) is 24.3 Å². The van der Waals surface area contributed by atoms with Crippen LogP contribution in [-0.4, -0.2) is 33.9 Å². The molecule has 0 saturated heterocycles. The number of hydrogen-bond donors (Lipinski definition) is 1. The van der Waals surface area contributed by atoms with E-state index in [1.54, 1.807) is 21.1 Å². The first-order valence-corrected chi connectivity index (χ1v) is 8.79. The van der Waals surface area contributed by atoms with Gasteiger partial charge in [0.25, 0.3) is 0 Å². The molecule has 0 aliphatic rings. The van der Waals surface area contributed by atoms with Gasteiger partial charge >= 0.3 is 5.97 Å². The molecule has 0 aliphatic heterocycles. The number of allylic oxidation sites excluding steroid dienone is 1. The van der Waals surface area contributed by atoms with Crippen molar-refractivity contribution < 1.29 is 23.8 Å². The molecule has 2 aromatic carbocycles. The number of hydrogen-bond acceptors (Lipinski definition) is 6. The smallest absolute Gasteiger partial charge is 0.332 e. The summed E-state index contributed by atoms with van der Waals surface area (Å²) in [7, 11) is 4.73. The van der Waals surface area contributed by atoms with Crippen LogP contribution in [0.2, 0.25) is 0 Å². The lowest BCUT2D eigenvalue weighted by Gasteiger charge is -2.12. The number of hydroxylamine groups is 1. The Bertz CT molecular complexity index is 774. The minimum absolute atomic E-state index is 0.295. The van der Waals surface area contributed by atoms with E-state index in [2.05, 4.69) is 5.48 Å². The van der Waals surface area contributed by atoms with Crippen molar-refractivity contribution in [2.24, 2.45) is 0 Å². The SMILES string of the molecule is CCOC(=O)C=C(C=C(c1ccc(OC)cc1)c1ccc(OC)cc1)NOC. The predicted molar refractivity (Wildman–Crippen MR) is 108 cm³/mol. The molecule has 6 heteroatoms. The van der Waals surface area contributed by atoms with Gasteiger partial charge in [-0.3, -0.25) is 10.3 Å². The highest BCUT2D eigenvalue weighted by Gasteiger charge is 2.09. The van der Waals surface area contributed by atoms with Crippen LogP contribution >= 0.6 is 0 Å². The van der Waals surface area contributed by atoms with Crippen molar-refractivity contribution in [2.75, 3.05) is 27.9 Å². The second kappa shape index (κ2) is 10.8. The molecule has 0 heterocycles. The van der Waals surface area contributed by atoms with Gasteiger partial charge in [0.15, 0.2) is 0 Å². The van der Waals surface area contributed by atoms with Crippen LogP contribution < -0.4 is 15.0 Å². The average molecular weight is 383 g/mol. The lowest BCUT2D eigenvalue weighted by atomic mass is 9.96. The maximum Gasteiger partial charge on any atom is 0.332 e. The largest absolute Gasteiger partial charge is 0.497 e. The molecule has 0 saturated carbocycles. The second-order valence-corrected chi connectivity index (χ2v) is 5.67. The topological polar surface area (TPSA) is 66.0 Å². The van der Waals surface area contributed by atoms with E-state index in [9.17, 15) is 4.79 Å². The third-order valence-corrected chi connectivity index (χ3v) is 3.88. The molecule has 148 valence electrons. The van der Waals surface area contributed by atoms with Crippen molar-refractivity contribution in [2.45, 2.75) is 6.92 Å². The van der Waals surface area contributed by atoms with Crippen LogP contribution in [0.3, 0.4) is 0 Å². The monoisotopic (exact) mass is 383 g/mol. The van der Waals surface area contributed by atoms with Crippen LogP contribution in [-0.2, 0) is 14.4 Å². The van der Waals surface area contributed by atoms with Gasteiger partial charge in [0, 0.05) is 6.08 Å². The van der Waals surface area contributed by atoms with Crippen LogP contribution in [0.5, 0.6) is 11.5 Å². The zero-order valence-corrected chi connectivity index (χ0v) is 16.5. The first kappa shape index (κ1) is 21.1. The van der Waals surface area contributed by atoms with E-state index >= 15 is 0 Å². The Labute approximate surface area is 165 Å². The van der Waals surface area contributed by atoms with Gasteiger partial charge in [0.05, 0.1) is 33.6 Å². The average Bonchev–Trinajstić information content (AvgIpc) is 2.72. The Hall–Kier alpha value is -3.25. The van der Waals surface area contributed by atoms with Crippen molar-refractivity contribution >= 4 is 11.5 Å². The minimum Gasteiger partial charge on any atom is -0.497 e. The predicted octanol–water partition coefficient (Wildman–Crippen LogP) is 3.73. The number of carbonyl (C=O) groups is 1. The fourth-order valence-electron chi connectivity index (χ4n) is 2.56. The molecule has 1 N–H and O–H groups in total. The Morgan fingerprint density at radius 2 is 1.36 bits per heavy atom. The summed E-state index contributed by atoms with van der Waals surface area (Å²) in [5, 5.41) is 0. The van der Waals surface area contributed by atoms with Crippen molar-refractivity contribution in [3.8, 4) is 11.5 Å². The normalized spacial score (nSPS) is 10.8. The number of esters is 1. The van der Waals surface area contributed by atoms with Crippen LogP contribution in [0.4, 0.5) is 0 Å². The fourth-order valence-corrected chi connectivity index (χ4v) is 2.56. The standard InChI is InChI=1S/C22H25NO5/c1-5-28-22(24)15-18(23-27-4)14-21(16-6-10-19(25-2)11-7-16)17-8-12-20(26-3)13-9-17/h6-15,23H,5H2,1-4H3. The maximum absolute atomic E-state index is 11.9. The molecule has 28 heavy (non-hydrogen) atoms. The van der Waals surface area contributed by atoms with Crippen LogP contribution in [0.25, 0.3) is 5.57 Å². The first-order valence-electron chi connectivity index (χ1n) is 8.79. The zero-order chi connectivity index (χ0) is 20.4. The highest BCUT2D eigenvalue weighted by molar-refractivity contribution is 5.86. The van der Waals surface area contributed by atoms with Gasteiger partial charge in [-0.2, -0.15) is 0 Å². The van der Waals surface area contributed by atoms with Gasteiger partial charge in [-0.05, 0) is 54.0 Å². The van der Waals surface area contributed by atoms with E-state index in [4.69, 9.17) is 19.0 Å². The summed E-state index contributed by atoms with van der Waals surface area (Å²) < 4.78 is 15.5. The minimum atomic E-state index is -0.456. The number of benzene rings is 2. The highest BCUT2D eigenvalue weighted by atomic mass is 16.6. The van der Waals surface area contributed by atoms with Crippen LogP contribution in [0, 0.1) is 0 Å². The molecule has 0 radical (unpaired) electrons. The number of carbonyl (C=O) groups excluding carboxylic acids is 1. The van der Waals surface area contributed by atoms with Gasteiger partial charge in [0.2, 0.25) is 0 Å².